The Morgan fingerprint density at radius 2 is 1.97 bits per heavy atom. The Morgan fingerprint density at radius 3 is 2.68 bits per heavy atom. The number of carbonyl (C=O) groups excluding carboxylic acids is 1. The zero-order valence-electron chi connectivity index (χ0n) is 15.8. The summed E-state index contributed by atoms with van der Waals surface area (Å²) in [4.78, 5) is 24.4. The molecule has 0 saturated heterocycles. The topological polar surface area (TPSA) is 81.9 Å². The highest BCUT2D eigenvalue weighted by atomic mass is 19.4. The number of halogens is 4. The Kier molecular flexibility index (Phi) is 5.01. The number of aryl methyl sites for hydroxylation is 1. The molecule has 0 saturated carbocycles. The minimum absolute atomic E-state index is 0.0156. The van der Waals surface area contributed by atoms with Gasteiger partial charge in [0.25, 0.3) is 0 Å². The van der Waals surface area contributed by atoms with Crippen LogP contribution in [-0.4, -0.2) is 25.7 Å². The van der Waals surface area contributed by atoms with Crippen molar-refractivity contribution in [3.05, 3.63) is 72.1 Å². The van der Waals surface area contributed by atoms with Gasteiger partial charge in [-0.2, -0.15) is 13.2 Å². The van der Waals surface area contributed by atoms with Gasteiger partial charge in [0.05, 0.1) is 17.5 Å². The molecule has 3 aromatic heterocycles. The molecule has 158 valence electrons. The molecule has 31 heavy (non-hydrogen) atoms. The Labute approximate surface area is 172 Å². The van der Waals surface area contributed by atoms with Gasteiger partial charge in [0.1, 0.15) is 5.82 Å². The van der Waals surface area contributed by atoms with Gasteiger partial charge >= 0.3 is 12.3 Å². The fourth-order valence-electron chi connectivity index (χ4n) is 2.91. The SMILES string of the molecule is Cc1nc(-c2cccc(F)c2)ncc1OC(=O)Nn1cc(C(F)(F)F)c2cccnc21. The van der Waals surface area contributed by atoms with E-state index < -0.39 is 23.7 Å². The van der Waals surface area contributed by atoms with Crippen molar-refractivity contribution in [2.45, 2.75) is 13.1 Å². The normalized spacial score (nSPS) is 11.5. The summed E-state index contributed by atoms with van der Waals surface area (Å²) in [5.74, 6) is -0.248. The van der Waals surface area contributed by atoms with Crippen molar-refractivity contribution in [3.63, 3.8) is 0 Å². The summed E-state index contributed by atoms with van der Waals surface area (Å²) in [6.07, 6.45) is -2.46. The molecule has 0 spiro atoms. The molecule has 0 aliphatic carbocycles. The molecule has 0 bridgehead atoms. The van der Waals surface area contributed by atoms with Crippen LogP contribution in [0.3, 0.4) is 0 Å². The molecule has 0 radical (unpaired) electrons. The lowest BCUT2D eigenvalue weighted by Crippen LogP contribution is -2.26. The summed E-state index contributed by atoms with van der Waals surface area (Å²) in [6, 6.07) is 8.27. The Hall–Kier alpha value is -4.02. The molecule has 0 atom stereocenters. The predicted molar refractivity (Wildman–Crippen MR) is 102 cm³/mol. The third-order valence-electron chi connectivity index (χ3n) is 4.30. The third-order valence-corrected chi connectivity index (χ3v) is 4.30. The average Bonchev–Trinajstić information content (AvgIpc) is 3.08. The summed E-state index contributed by atoms with van der Waals surface area (Å²) in [5, 5.41) is -0.172. The fourth-order valence-corrected chi connectivity index (χ4v) is 2.91. The van der Waals surface area contributed by atoms with E-state index in [4.69, 9.17) is 4.74 Å². The number of nitrogens with zero attached hydrogens (tertiary/aromatic N) is 4. The summed E-state index contributed by atoms with van der Waals surface area (Å²) >= 11 is 0. The Balaban J connectivity index is 1.56. The molecule has 1 aromatic carbocycles. The van der Waals surface area contributed by atoms with Crippen LogP contribution in [0.4, 0.5) is 22.4 Å². The molecule has 4 rings (SSSR count). The maximum atomic E-state index is 13.4. The van der Waals surface area contributed by atoms with Crippen LogP contribution >= 0.6 is 0 Å². The number of rotatable bonds is 3. The number of aromatic nitrogens is 4. The number of benzene rings is 1. The average molecular weight is 431 g/mol. The maximum absolute atomic E-state index is 13.4. The van der Waals surface area contributed by atoms with E-state index in [1.807, 2.05) is 0 Å². The Morgan fingerprint density at radius 1 is 1.16 bits per heavy atom. The van der Waals surface area contributed by atoms with E-state index in [9.17, 15) is 22.4 Å². The van der Waals surface area contributed by atoms with Crippen LogP contribution in [0.5, 0.6) is 5.75 Å². The van der Waals surface area contributed by atoms with E-state index in [1.54, 1.807) is 13.0 Å². The van der Waals surface area contributed by atoms with Crippen molar-refractivity contribution in [2.75, 3.05) is 5.43 Å². The third kappa shape index (κ3) is 4.15. The van der Waals surface area contributed by atoms with E-state index in [0.29, 0.717) is 5.56 Å². The maximum Gasteiger partial charge on any atom is 0.432 e. The van der Waals surface area contributed by atoms with Crippen LogP contribution in [0.25, 0.3) is 22.4 Å². The minimum Gasteiger partial charge on any atom is -0.406 e. The smallest absolute Gasteiger partial charge is 0.406 e. The molecule has 4 aromatic rings. The number of pyridine rings is 1. The highest BCUT2D eigenvalue weighted by Crippen LogP contribution is 2.35. The van der Waals surface area contributed by atoms with Crippen molar-refractivity contribution in [3.8, 4) is 17.1 Å². The van der Waals surface area contributed by atoms with Gasteiger partial charge in [-0.1, -0.05) is 12.1 Å². The lowest BCUT2D eigenvalue weighted by Gasteiger charge is -2.10. The number of carbonyl (C=O) groups is 1. The molecule has 7 nitrogen and oxygen atoms in total. The number of alkyl halides is 3. The lowest BCUT2D eigenvalue weighted by molar-refractivity contribution is -0.136. The Bertz CT molecular complexity index is 1290. The zero-order valence-corrected chi connectivity index (χ0v) is 15.8. The molecule has 3 heterocycles. The molecular formula is C20H13F4N5O2. The van der Waals surface area contributed by atoms with Crippen molar-refractivity contribution < 1.29 is 27.1 Å². The number of amides is 1. The molecule has 0 unspecified atom stereocenters. The number of hydrogen-bond acceptors (Lipinski definition) is 5. The van der Waals surface area contributed by atoms with Crippen LogP contribution in [0.2, 0.25) is 0 Å². The van der Waals surface area contributed by atoms with Crippen molar-refractivity contribution in [1.29, 1.82) is 0 Å². The zero-order chi connectivity index (χ0) is 22.2. The first kappa shape index (κ1) is 20.3. The van der Waals surface area contributed by atoms with Crippen molar-refractivity contribution >= 4 is 17.1 Å². The number of ether oxygens (including phenoxy) is 1. The van der Waals surface area contributed by atoms with E-state index in [-0.39, 0.29) is 28.3 Å². The first-order chi connectivity index (χ1) is 14.7. The first-order valence-corrected chi connectivity index (χ1v) is 8.84. The van der Waals surface area contributed by atoms with Crippen LogP contribution in [0.1, 0.15) is 11.3 Å². The van der Waals surface area contributed by atoms with Gasteiger partial charge in [0.15, 0.2) is 17.2 Å². The van der Waals surface area contributed by atoms with Crippen molar-refractivity contribution in [1.82, 2.24) is 19.6 Å². The fraction of sp³-hybridized carbons (Fsp3) is 0.100. The van der Waals surface area contributed by atoms with Crippen molar-refractivity contribution in [2.24, 2.45) is 0 Å². The van der Waals surface area contributed by atoms with Gasteiger partial charge in [-0.3, -0.25) is 0 Å². The molecule has 1 amide bonds. The van der Waals surface area contributed by atoms with Gasteiger partial charge in [0, 0.05) is 23.3 Å². The van der Waals surface area contributed by atoms with Gasteiger partial charge in [0.2, 0.25) is 0 Å². The lowest BCUT2D eigenvalue weighted by atomic mass is 10.2. The summed E-state index contributed by atoms with van der Waals surface area (Å²) in [7, 11) is 0. The monoisotopic (exact) mass is 431 g/mol. The van der Waals surface area contributed by atoms with E-state index in [0.717, 1.165) is 10.9 Å². The van der Waals surface area contributed by atoms with Crippen LogP contribution in [-0.2, 0) is 6.18 Å². The van der Waals surface area contributed by atoms with Gasteiger partial charge in [-0.05, 0) is 31.2 Å². The number of hydrogen-bond donors (Lipinski definition) is 1. The molecule has 1 N–H and O–H groups in total. The number of fused-ring (bicyclic) bond motifs is 1. The second kappa shape index (κ2) is 7.67. The van der Waals surface area contributed by atoms with Gasteiger partial charge in [-0.25, -0.2) is 34.2 Å². The molecule has 0 aliphatic heterocycles. The second-order valence-corrected chi connectivity index (χ2v) is 6.44. The minimum atomic E-state index is -4.63. The van der Waals surface area contributed by atoms with Crippen LogP contribution in [0.15, 0.2) is 55.0 Å². The molecule has 0 aliphatic rings. The highest BCUT2D eigenvalue weighted by Gasteiger charge is 2.35. The summed E-state index contributed by atoms with van der Waals surface area (Å²) in [6.45, 7) is 1.54. The molecular weight excluding hydrogens is 418 g/mol. The van der Waals surface area contributed by atoms with Crippen LogP contribution in [0, 0.1) is 12.7 Å². The summed E-state index contributed by atoms with van der Waals surface area (Å²) < 4.78 is 59.1. The van der Waals surface area contributed by atoms with Gasteiger partial charge in [-0.15, -0.1) is 0 Å². The summed E-state index contributed by atoms with van der Waals surface area (Å²) in [5.41, 5.74) is 1.86. The molecule has 11 heteroatoms. The van der Waals surface area contributed by atoms with E-state index in [1.165, 1.54) is 42.7 Å². The largest absolute Gasteiger partial charge is 0.432 e. The van der Waals surface area contributed by atoms with Gasteiger partial charge < -0.3 is 4.74 Å². The number of nitrogens with one attached hydrogen (secondary N) is 1. The highest BCUT2D eigenvalue weighted by molar-refractivity contribution is 5.85. The predicted octanol–water partition coefficient (Wildman–Crippen LogP) is 4.70. The van der Waals surface area contributed by atoms with E-state index in [2.05, 4.69) is 20.4 Å². The second-order valence-electron chi connectivity index (χ2n) is 6.44. The molecule has 0 fully saturated rings. The van der Waals surface area contributed by atoms with Crippen LogP contribution < -0.4 is 10.2 Å². The first-order valence-electron chi connectivity index (χ1n) is 8.84. The van der Waals surface area contributed by atoms with E-state index >= 15 is 0 Å². The standard InChI is InChI=1S/C20H13F4N5O2/c1-11-16(9-26-17(27-11)12-4-2-5-13(21)8-12)31-19(30)28-29-10-15(20(22,23)24)14-6-3-7-25-18(14)29/h2-10H,1H3,(H,28,30). The quantitative estimate of drug-likeness (QED) is 0.476.